The second-order valence-corrected chi connectivity index (χ2v) is 12.7. The minimum atomic E-state index is 0.182. The predicted molar refractivity (Wildman–Crippen MR) is 193 cm³/mol. The Hall–Kier alpha value is -6.05. The largest absolute Gasteiger partial charge is 0.460 e. The van der Waals surface area contributed by atoms with Crippen molar-refractivity contribution in [3.05, 3.63) is 150 Å². The molecule has 0 amide bonds. The number of furan rings is 1. The smallest absolute Gasteiger partial charge is 0.144 e. The van der Waals surface area contributed by atoms with E-state index in [1.54, 1.807) is 0 Å². The van der Waals surface area contributed by atoms with Crippen LogP contribution < -0.4 is 0 Å². The molecule has 222 valence electrons. The van der Waals surface area contributed by atoms with Gasteiger partial charge in [0.05, 0.1) is 38.7 Å². The number of para-hydroxylation sites is 3. The molecule has 4 nitrogen and oxygen atoms in total. The van der Waals surface area contributed by atoms with Crippen molar-refractivity contribution in [2.45, 2.75) is 25.2 Å². The number of hydrogen-bond acceptors (Lipinski definition) is 2. The third-order valence-corrected chi connectivity index (χ3v) is 10.2. The van der Waals surface area contributed by atoms with Crippen molar-refractivity contribution < 1.29 is 4.42 Å². The Kier molecular flexibility index (Phi) is 5.56. The summed E-state index contributed by atoms with van der Waals surface area (Å²) < 4.78 is 11.2. The van der Waals surface area contributed by atoms with E-state index in [2.05, 4.69) is 149 Å². The van der Waals surface area contributed by atoms with Gasteiger partial charge in [0.25, 0.3) is 0 Å². The number of fused-ring (bicyclic) bond motifs is 10. The molecule has 0 saturated carbocycles. The predicted octanol–water partition coefficient (Wildman–Crippen LogP) is 11.1. The molecular weight excluding hydrogens is 574 g/mol. The number of rotatable bonds is 3. The molecule has 3 aromatic heterocycles. The molecule has 2 aliphatic rings. The van der Waals surface area contributed by atoms with Gasteiger partial charge in [-0.25, -0.2) is 0 Å². The summed E-state index contributed by atoms with van der Waals surface area (Å²) in [7, 11) is 0. The molecule has 0 fully saturated rings. The Bertz CT molecular complexity index is 2680. The number of aryl methyl sites for hydroxylation is 1. The number of hydrogen-bond donors (Lipinski definition) is 0. The van der Waals surface area contributed by atoms with E-state index in [4.69, 9.17) is 4.42 Å². The van der Waals surface area contributed by atoms with Gasteiger partial charge in [0.2, 0.25) is 0 Å². The van der Waals surface area contributed by atoms with Gasteiger partial charge in [0.15, 0.2) is 0 Å². The van der Waals surface area contributed by atoms with Crippen molar-refractivity contribution in [2.24, 2.45) is 0 Å². The van der Waals surface area contributed by atoms with E-state index >= 15 is 0 Å². The van der Waals surface area contributed by atoms with E-state index < -0.39 is 0 Å². The Morgan fingerprint density at radius 1 is 0.702 bits per heavy atom. The fraction of sp³-hybridized carbons (Fsp3) is 0.0930. The molecule has 0 radical (unpaired) electrons. The van der Waals surface area contributed by atoms with Crippen LogP contribution in [0.3, 0.4) is 0 Å². The Morgan fingerprint density at radius 2 is 1.43 bits per heavy atom. The lowest BCUT2D eigenvalue weighted by Crippen LogP contribution is -2.04. The zero-order valence-electron chi connectivity index (χ0n) is 25.7. The van der Waals surface area contributed by atoms with Crippen molar-refractivity contribution in [2.75, 3.05) is 0 Å². The molecule has 1 atom stereocenters. The highest BCUT2D eigenvalue weighted by Crippen LogP contribution is 2.42. The molecule has 3 heterocycles. The first-order valence-electron chi connectivity index (χ1n) is 16.3. The summed E-state index contributed by atoms with van der Waals surface area (Å²) in [5.74, 6) is 1.27. The van der Waals surface area contributed by atoms with Crippen LogP contribution in [0.2, 0.25) is 0 Å². The molecule has 0 saturated heterocycles. The summed E-state index contributed by atoms with van der Waals surface area (Å²) in [6, 6.07) is 38.9. The van der Waals surface area contributed by atoms with Crippen LogP contribution in [0.5, 0.6) is 0 Å². The highest BCUT2D eigenvalue weighted by Gasteiger charge is 2.23. The minimum Gasteiger partial charge on any atom is -0.460 e. The summed E-state index contributed by atoms with van der Waals surface area (Å²) in [5.41, 5.74) is 10.7. The molecule has 0 N–H and O–H groups in total. The molecule has 4 heteroatoms. The molecule has 1 unspecified atom stereocenters. The number of nitriles is 1. The first kappa shape index (κ1) is 26.2. The van der Waals surface area contributed by atoms with Gasteiger partial charge in [-0.15, -0.1) is 0 Å². The lowest BCUT2D eigenvalue weighted by atomic mass is 9.90. The van der Waals surface area contributed by atoms with Crippen LogP contribution in [0.25, 0.3) is 72.0 Å². The van der Waals surface area contributed by atoms with Crippen molar-refractivity contribution in [1.29, 1.82) is 5.26 Å². The normalized spacial score (nSPS) is 16.0. The molecule has 8 aromatic rings. The van der Waals surface area contributed by atoms with Crippen LogP contribution in [0, 0.1) is 11.3 Å². The lowest BCUT2D eigenvalue weighted by molar-refractivity contribution is 0.549. The maximum absolute atomic E-state index is 10.4. The van der Waals surface area contributed by atoms with Crippen molar-refractivity contribution in [3.63, 3.8) is 0 Å². The fourth-order valence-corrected chi connectivity index (χ4v) is 8.01. The van der Waals surface area contributed by atoms with Gasteiger partial charge < -0.3 is 13.6 Å². The topological polar surface area (TPSA) is 46.8 Å². The van der Waals surface area contributed by atoms with Crippen LogP contribution in [0.4, 0.5) is 0 Å². The maximum Gasteiger partial charge on any atom is 0.144 e. The third-order valence-electron chi connectivity index (χ3n) is 10.2. The first-order valence-corrected chi connectivity index (χ1v) is 16.3. The highest BCUT2D eigenvalue weighted by molar-refractivity contribution is 6.21. The molecule has 0 bridgehead atoms. The summed E-state index contributed by atoms with van der Waals surface area (Å²) in [6.07, 6.45) is 14.2. The van der Waals surface area contributed by atoms with Crippen LogP contribution >= 0.6 is 0 Å². The van der Waals surface area contributed by atoms with E-state index in [0.29, 0.717) is 5.56 Å². The number of benzene rings is 5. The Labute approximate surface area is 271 Å². The van der Waals surface area contributed by atoms with Gasteiger partial charge in [0, 0.05) is 45.1 Å². The number of aromatic nitrogens is 2. The fourth-order valence-electron chi connectivity index (χ4n) is 8.01. The lowest BCUT2D eigenvalue weighted by Gasteiger charge is -2.20. The second kappa shape index (κ2) is 9.97. The number of nitrogens with zero attached hydrogens (tertiary/aromatic N) is 3. The quantitative estimate of drug-likeness (QED) is 0.202. The first-order chi connectivity index (χ1) is 23.3. The van der Waals surface area contributed by atoms with E-state index in [-0.39, 0.29) is 5.92 Å². The van der Waals surface area contributed by atoms with Crippen molar-refractivity contribution in [3.8, 4) is 11.8 Å². The molecule has 10 rings (SSSR count). The summed E-state index contributed by atoms with van der Waals surface area (Å²) >= 11 is 0. The standard InChI is InChI=1S/C43H29N3O/c44-26-29-25-28(19-23-36(29)46-37-13-5-1-9-31(37)32-10-2-6-14-38(32)46)27-17-20-30(21-18-27)45-39-15-7-3-12-35(39)42-40(45)24-22-34-33-11-4-8-16-41(33)47-43(34)42/h1-7,9-15,17,19-25,27H,8,16,18H2. The van der Waals surface area contributed by atoms with E-state index in [9.17, 15) is 5.26 Å². The van der Waals surface area contributed by atoms with Crippen molar-refractivity contribution in [1.82, 2.24) is 9.13 Å². The van der Waals surface area contributed by atoms with E-state index in [1.165, 1.54) is 38.0 Å². The van der Waals surface area contributed by atoms with Gasteiger partial charge in [-0.05, 0) is 66.9 Å². The molecule has 0 aliphatic heterocycles. The van der Waals surface area contributed by atoms with Crippen molar-refractivity contribution >= 4 is 66.4 Å². The zero-order valence-corrected chi connectivity index (χ0v) is 25.7. The summed E-state index contributed by atoms with van der Waals surface area (Å²) in [4.78, 5) is 0. The minimum absolute atomic E-state index is 0.182. The maximum atomic E-state index is 10.4. The highest BCUT2D eigenvalue weighted by atomic mass is 16.3. The Morgan fingerprint density at radius 3 is 2.15 bits per heavy atom. The van der Waals surface area contributed by atoms with E-state index in [1.807, 2.05) is 0 Å². The van der Waals surface area contributed by atoms with Crippen LogP contribution in [-0.2, 0) is 6.42 Å². The Balaban J connectivity index is 1.05. The van der Waals surface area contributed by atoms with E-state index in [0.717, 1.165) is 64.1 Å². The number of allylic oxidation sites excluding steroid dienone is 5. The molecule has 47 heavy (non-hydrogen) atoms. The average molecular weight is 604 g/mol. The summed E-state index contributed by atoms with van der Waals surface area (Å²) in [5, 5.41) is 16.3. The third kappa shape index (κ3) is 3.74. The van der Waals surface area contributed by atoms with Gasteiger partial charge in [-0.3, -0.25) is 0 Å². The van der Waals surface area contributed by atoms with Crippen LogP contribution in [0.15, 0.2) is 132 Å². The van der Waals surface area contributed by atoms with Crippen LogP contribution in [0.1, 0.15) is 41.2 Å². The second-order valence-electron chi connectivity index (χ2n) is 12.7. The monoisotopic (exact) mass is 603 g/mol. The van der Waals surface area contributed by atoms with Crippen LogP contribution in [-0.4, -0.2) is 9.13 Å². The molecular formula is C43H29N3O. The molecule has 5 aromatic carbocycles. The molecule has 0 spiro atoms. The van der Waals surface area contributed by atoms with Gasteiger partial charge in [-0.2, -0.15) is 5.26 Å². The van der Waals surface area contributed by atoms with Gasteiger partial charge in [0.1, 0.15) is 17.4 Å². The molecule has 2 aliphatic carbocycles. The van der Waals surface area contributed by atoms with Gasteiger partial charge in [-0.1, -0.05) is 85.0 Å². The average Bonchev–Trinajstić information content (AvgIpc) is 3.79. The zero-order chi connectivity index (χ0) is 31.1. The SMILES string of the molecule is N#Cc1cc(C2C=CC(n3c4ccccc4c4c5oc6c(c5ccc43)C=CCC6)=CC2)ccc1-n1c2ccccc2c2ccccc21. The summed E-state index contributed by atoms with van der Waals surface area (Å²) in [6.45, 7) is 0. The van der Waals surface area contributed by atoms with Gasteiger partial charge >= 0.3 is 0 Å².